The number of rotatable bonds is 6. The van der Waals surface area contributed by atoms with Crippen LogP contribution < -0.4 is 9.64 Å². The van der Waals surface area contributed by atoms with E-state index < -0.39 is 12.0 Å². The van der Waals surface area contributed by atoms with Crippen LogP contribution in [0.4, 0.5) is 5.69 Å². The van der Waals surface area contributed by atoms with Crippen molar-refractivity contribution >= 4 is 33.5 Å². The van der Waals surface area contributed by atoms with E-state index in [4.69, 9.17) is 9.47 Å². The Morgan fingerprint density at radius 3 is 2.34 bits per heavy atom. The SMILES string of the molecule is CCOc1ccc(-c2n[nH]c3c2[C@@H](c2ccc(C(=O)OC)cc2)N(c2ccc(Br)cc2)C3=O)cc1. The fraction of sp³-hybridized carbons (Fsp3) is 0.148. The lowest BCUT2D eigenvalue weighted by atomic mass is 9.95. The monoisotopic (exact) mass is 531 g/mol. The molecule has 1 aliphatic rings. The summed E-state index contributed by atoms with van der Waals surface area (Å²) in [4.78, 5) is 27.3. The van der Waals surface area contributed by atoms with Crippen LogP contribution in [-0.4, -0.2) is 35.8 Å². The lowest BCUT2D eigenvalue weighted by molar-refractivity contribution is 0.0600. The lowest BCUT2D eigenvalue weighted by Gasteiger charge is -2.26. The molecule has 35 heavy (non-hydrogen) atoms. The Hall–Kier alpha value is -3.91. The molecule has 1 aliphatic heterocycles. The maximum Gasteiger partial charge on any atom is 0.337 e. The van der Waals surface area contributed by atoms with Gasteiger partial charge in [0, 0.05) is 21.3 Å². The fourth-order valence-electron chi connectivity index (χ4n) is 4.35. The molecule has 7 nitrogen and oxygen atoms in total. The topological polar surface area (TPSA) is 84.5 Å². The number of anilines is 1. The van der Waals surface area contributed by atoms with Crippen LogP contribution in [0.3, 0.4) is 0 Å². The number of nitrogens with zero attached hydrogens (tertiary/aromatic N) is 2. The zero-order chi connectivity index (χ0) is 24.5. The van der Waals surface area contributed by atoms with Crippen LogP contribution in [0.2, 0.25) is 0 Å². The Kier molecular flexibility index (Phi) is 6.13. The molecular weight excluding hydrogens is 510 g/mol. The predicted octanol–water partition coefficient (Wildman–Crippen LogP) is 5.77. The first-order chi connectivity index (χ1) is 17.0. The van der Waals surface area contributed by atoms with E-state index in [0.29, 0.717) is 23.6 Å². The van der Waals surface area contributed by atoms with E-state index in [0.717, 1.165) is 32.6 Å². The van der Waals surface area contributed by atoms with Crippen molar-refractivity contribution in [2.24, 2.45) is 0 Å². The van der Waals surface area contributed by atoms with Gasteiger partial charge in [0.1, 0.15) is 11.4 Å². The molecule has 0 bridgehead atoms. The summed E-state index contributed by atoms with van der Waals surface area (Å²) in [5, 5.41) is 7.48. The first kappa shape index (κ1) is 22.9. The molecule has 0 saturated heterocycles. The third-order valence-electron chi connectivity index (χ3n) is 5.96. The number of benzene rings is 3. The lowest BCUT2D eigenvalue weighted by Crippen LogP contribution is -2.29. The van der Waals surface area contributed by atoms with Crippen LogP contribution in [0.5, 0.6) is 5.75 Å². The number of aromatic nitrogens is 2. The summed E-state index contributed by atoms with van der Waals surface area (Å²) < 4.78 is 11.3. The Balaban J connectivity index is 1.64. The average molecular weight is 532 g/mol. The van der Waals surface area contributed by atoms with E-state index in [1.54, 1.807) is 17.0 Å². The number of carbonyl (C=O) groups is 2. The molecule has 0 fully saturated rings. The third kappa shape index (κ3) is 4.10. The van der Waals surface area contributed by atoms with Crippen LogP contribution in [0.15, 0.2) is 77.3 Å². The van der Waals surface area contributed by atoms with Crippen molar-refractivity contribution in [2.45, 2.75) is 13.0 Å². The minimum atomic E-state index is -0.439. The number of hydrogen-bond donors (Lipinski definition) is 1. The van der Waals surface area contributed by atoms with Crippen molar-refractivity contribution in [3.05, 3.63) is 99.7 Å². The Morgan fingerprint density at radius 2 is 1.71 bits per heavy atom. The molecule has 0 unspecified atom stereocenters. The number of nitrogens with one attached hydrogen (secondary N) is 1. The van der Waals surface area contributed by atoms with E-state index in [2.05, 4.69) is 26.1 Å². The highest BCUT2D eigenvalue weighted by Crippen LogP contribution is 2.45. The summed E-state index contributed by atoms with van der Waals surface area (Å²) >= 11 is 3.46. The maximum atomic E-state index is 13.6. The molecule has 3 aromatic carbocycles. The van der Waals surface area contributed by atoms with Gasteiger partial charge in [0.2, 0.25) is 0 Å². The second kappa shape index (κ2) is 9.38. The average Bonchev–Trinajstić information content (AvgIpc) is 3.44. The van der Waals surface area contributed by atoms with Crippen molar-refractivity contribution in [1.29, 1.82) is 0 Å². The number of hydrogen-bond acceptors (Lipinski definition) is 5. The molecule has 0 radical (unpaired) electrons. The first-order valence-corrected chi connectivity index (χ1v) is 11.9. The second-order valence-electron chi connectivity index (χ2n) is 7.99. The minimum Gasteiger partial charge on any atom is -0.494 e. The summed E-state index contributed by atoms with van der Waals surface area (Å²) in [5.41, 5.74) is 4.83. The molecule has 8 heteroatoms. The molecule has 0 aliphatic carbocycles. The Labute approximate surface area is 210 Å². The highest BCUT2D eigenvalue weighted by molar-refractivity contribution is 9.10. The highest BCUT2D eigenvalue weighted by atomic mass is 79.9. The van der Waals surface area contributed by atoms with Crippen LogP contribution in [0.25, 0.3) is 11.3 Å². The largest absolute Gasteiger partial charge is 0.494 e. The second-order valence-corrected chi connectivity index (χ2v) is 8.90. The molecule has 2 heterocycles. The van der Waals surface area contributed by atoms with Gasteiger partial charge in [-0.2, -0.15) is 5.10 Å². The van der Waals surface area contributed by atoms with Gasteiger partial charge in [0.25, 0.3) is 5.91 Å². The molecule has 1 aromatic heterocycles. The Morgan fingerprint density at radius 1 is 1.03 bits per heavy atom. The molecule has 176 valence electrons. The summed E-state index contributed by atoms with van der Waals surface area (Å²) in [6, 6.07) is 21.9. The van der Waals surface area contributed by atoms with E-state index in [-0.39, 0.29) is 5.91 Å². The van der Waals surface area contributed by atoms with Gasteiger partial charge in [-0.15, -0.1) is 0 Å². The molecule has 4 aromatic rings. The molecule has 0 saturated carbocycles. The quantitative estimate of drug-likeness (QED) is 0.319. The zero-order valence-corrected chi connectivity index (χ0v) is 20.7. The number of methoxy groups -OCH3 is 1. The van der Waals surface area contributed by atoms with E-state index in [1.165, 1.54) is 7.11 Å². The van der Waals surface area contributed by atoms with Gasteiger partial charge in [-0.25, -0.2) is 4.79 Å². The predicted molar refractivity (Wildman–Crippen MR) is 136 cm³/mol. The summed E-state index contributed by atoms with van der Waals surface area (Å²) in [6.07, 6.45) is 0. The first-order valence-electron chi connectivity index (χ1n) is 11.1. The van der Waals surface area contributed by atoms with Gasteiger partial charge in [-0.3, -0.25) is 14.8 Å². The van der Waals surface area contributed by atoms with Crippen LogP contribution in [0, 0.1) is 0 Å². The van der Waals surface area contributed by atoms with Crippen LogP contribution in [-0.2, 0) is 4.74 Å². The normalized spacial score (nSPS) is 14.7. The molecular formula is C27H22BrN3O4. The molecule has 5 rings (SSSR count). The van der Waals surface area contributed by atoms with E-state index in [1.807, 2.05) is 67.6 Å². The van der Waals surface area contributed by atoms with Gasteiger partial charge in [0.15, 0.2) is 0 Å². The van der Waals surface area contributed by atoms with Crippen molar-refractivity contribution < 1.29 is 19.1 Å². The van der Waals surface area contributed by atoms with Crippen LogP contribution >= 0.6 is 15.9 Å². The number of fused-ring (bicyclic) bond motifs is 1. The maximum absolute atomic E-state index is 13.6. The number of ether oxygens (including phenoxy) is 2. The van der Waals surface area contributed by atoms with Crippen molar-refractivity contribution in [3.8, 4) is 17.0 Å². The van der Waals surface area contributed by atoms with Crippen molar-refractivity contribution in [2.75, 3.05) is 18.6 Å². The number of aromatic amines is 1. The zero-order valence-electron chi connectivity index (χ0n) is 19.1. The number of halogens is 1. The van der Waals surface area contributed by atoms with Gasteiger partial charge >= 0.3 is 5.97 Å². The molecule has 1 amide bonds. The number of amides is 1. The van der Waals surface area contributed by atoms with E-state index >= 15 is 0 Å². The number of carbonyl (C=O) groups excluding carboxylic acids is 2. The molecule has 1 atom stereocenters. The molecule has 1 N–H and O–H groups in total. The minimum absolute atomic E-state index is 0.172. The van der Waals surface area contributed by atoms with E-state index in [9.17, 15) is 9.59 Å². The fourth-order valence-corrected chi connectivity index (χ4v) is 4.61. The van der Waals surface area contributed by atoms with Crippen molar-refractivity contribution in [1.82, 2.24) is 10.2 Å². The summed E-state index contributed by atoms with van der Waals surface area (Å²) in [5.74, 6) is 0.183. The third-order valence-corrected chi connectivity index (χ3v) is 6.49. The number of esters is 1. The van der Waals surface area contributed by atoms with Gasteiger partial charge in [-0.1, -0.05) is 28.1 Å². The number of H-pyrrole nitrogens is 1. The smallest absolute Gasteiger partial charge is 0.337 e. The van der Waals surface area contributed by atoms with Crippen molar-refractivity contribution in [3.63, 3.8) is 0 Å². The highest BCUT2D eigenvalue weighted by Gasteiger charge is 2.43. The summed E-state index contributed by atoms with van der Waals surface area (Å²) in [7, 11) is 1.35. The standard InChI is InChI=1S/C27H22BrN3O4/c1-3-35-21-14-8-16(9-15-21)23-22-24(30-29-23)26(32)31(20-12-10-19(28)11-13-20)25(22)17-4-6-18(7-5-17)27(33)34-2/h4-15,25H,3H2,1-2H3,(H,29,30)/t25-/m1/s1. The van der Waals surface area contributed by atoms with Gasteiger partial charge < -0.3 is 9.47 Å². The summed E-state index contributed by atoms with van der Waals surface area (Å²) in [6.45, 7) is 2.52. The van der Waals surface area contributed by atoms with Gasteiger partial charge in [-0.05, 0) is 73.2 Å². The Bertz CT molecular complexity index is 1380. The van der Waals surface area contributed by atoms with Crippen LogP contribution in [0.1, 0.15) is 44.9 Å². The van der Waals surface area contributed by atoms with Gasteiger partial charge in [0.05, 0.1) is 31.0 Å². The molecule has 0 spiro atoms.